The lowest BCUT2D eigenvalue weighted by molar-refractivity contribution is -0.140. The summed E-state index contributed by atoms with van der Waals surface area (Å²) in [5.41, 5.74) is 0. The van der Waals surface area contributed by atoms with Crippen LogP contribution in [0.15, 0.2) is 0 Å². The van der Waals surface area contributed by atoms with Crippen LogP contribution in [-0.2, 0) is 4.79 Å². The van der Waals surface area contributed by atoms with Crippen LogP contribution < -0.4 is 5.32 Å². The number of carboxylic acid groups (broad SMARTS) is 1. The molecule has 0 aromatic heterocycles. The Morgan fingerprint density at radius 1 is 1.06 bits per heavy atom. The van der Waals surface area contributed by atoms with Crippen molar-refractivity contribution in [3.05, 3.63) is 0 Å². The summed E-state index contributed by atoms with van der Waals surface area (Å²) >= 11 is 0. The molecule has 17 heavy (non-hydrogen) atoms. The third kappa shape index (κ3) is 6.67. The summed E-state index contributed by atoms with van der Waals surface area (Å²) < 4.78 is 0. The van der Waals surface area contributed by atoms with Gasteiger partial charge in [-0.1, -0.05) is 41.5 Å². The summed E-state index contributed by atoms with van der Waals surface area (Å²) in [5, 5.41) is 12.4. The average molecular weight is 243 g/mol. The Morgan fingerprint density at radius 3 is 1.82 bits per heavy atom. The predicted octanol–water partition coefficient (Wildman–Crippen LogP) is 3.00. The summed E-state index contributed by atoms with van der Waals surface area (Å²) in [6.45, 7) is 13.7. The van der Waals surface area contributed by atoms with E-state index in [1.165, 1.54) is 0 Å². The monoisotopic (exact) mass is 243 g/mol. The lowest BCUT2D eigenvalue weighted by Crippen LogP contribution is -2.42. The van der Waals surface area contributed by atoms with E-state index in [0.29, 0.717) is 30.1 Å². The third-order valence-electron chi connectivity index (χ3n) is 3.32. The molecule has 0 saturated heterocycles. The number of rotatable bonds is 8. The quantitative estimate of drug-likeness (QED) is 0.689. The first-order valence-electron chi connectivity index (χ1n) is 6.71. The first kappa shape index (κ1) is 16.4. The molecule has 1 atom stereocenters. The number of nitrogens with one attached hydrogen (secondary N) is 1. The zero-order chi connectivity index (χ0) is 13.6. The molecule has 0 rings (SSSR count). The summed E-state index contributed by atoms with van der Waals surface area (Å²) in [4.78, 5) is 11.1. The largest absolute Gasteiger partial charge is 0.480 e. The van der Waals surface area contributed by atoms with Crippen LogP contribution in [0.5, 0.6) is 0 Å². The summed E-state index contributed by atoms with van der Waals surface area (Å²) in [6.07, 6.45) is 0.693. The van der Waals surface area contributed by atoms with Crippen molar-refractivity contribution in [3.63, 3.8) is 0 Å². The minimum Gasteiger partial charge on any atom is -0.480 e. The standard InChI is InChI=1S/C14H29NO2/c1-9(2)7-13(14(16)17)15-8-12(10(3)4)11(5)6/h9-13,15H,7-8H2,1-6H3,(H,16,17)/t13-/m1/s1. The zero-order valence-corrected chi connectivity index (χ0v) is 12.2. The Bertz CT molecular complexity index is 216. The van der Waals surface area contributed by atoms with Crippen LogP contribution in [0, 0.1) is 23.7 Å². The Morgan fingerprint density at radius 2 is 1.53 bits per heavy atom. The highest BCUT2D eigenvalue weighted by molar-refractivity contribution is 5.73. The van der Waals surface area contributed by atoms with Crippen LogP contribution in [0.1, 0.15) is 48.0 Å². The van der Waals surface area contributed by atoms with E-state index in [1.54, 1.807) is 0 Å². The van der Waals surface area contributed by atoms with Crippen LogP contribution in [0.2, 0.25) is 0 Å². The third-order valence-corrected chi connectivity index (χ3v) is 3.32. The van der Waals surface area contributed by atoms with E-state index >= 15 is 0 Å². The molecule has 0 saturated carbocycles. The maximum atomic E-state index is 11.1. The van der Waals surface area contributed by atoms with E-state index in [0.717, 1.165) is 6.54 Å². The van der Waals surface area contributed by atoms with Crippen molar-refractivity contribution >= 4 is 5.97 Å². The van der Waals surface area contributed by atoms with E-state index in [4.69, 9.17) is 5.11 Å². The smallest absolute Gasteiger partial charge is 0.320 e. The Balaban J connectivity index is 4.32. The molecule has 3 heteroatoms. The average Bonchev–Trinajstić information content (AvgIpc) is 2.14. The highest BCUT2D eigenvalue weighted by atomic mass is 16.4. The SMILES string of the molecule is CC(C)C[C@@H](NCC(C(C)C)C(C)C)C(=O)O. The Hall–Kier alpha value is -0.570. The van der Waals surface area contributed by atoms with Crippen LogP contribution >= 0.6 is 0 Å². The second kappa shape index (κ2) is 7.70. The fraction of sp³-hybridized carbons (Fsp3) is 0.929. The second-order valence-electron chi connectivity index (χ2n) is 6.08. The van der Waals surface area contributed by atoms with Crippen molar-refractivity contribution in [1.82, 2.24) is 5.32 Å². The van der Waals surface area contributed by atoms with Crippen molar-refractivity contribution in [2.75, 3.05) is 6.54 Å². The molecule has 0 spiro atoms. The van der Waals surface area contributed by atoms with Gasteiger partial charge in [-0.25, -0.2) is 0 Å². The van der Waals surface area contributed by atoms with Crippen LogP contribution in [0.25, 0.3) is 0 Å². The van der Waals surface area contributed by atoms with Gasteiger partial charge in [0.25, 0.3) is 0 Å². The van der Waals surface area contributed by atoms with Crippen molar-refractivity contribution in [2.24, 2.45) is 23.7 Å². The van der Waals surface area contributed by atoms with E-state index in [2.05, 4.69) is 46.9 Å². The number of hydrogen-bond donors (Lipinski definition) is 2. The topological polar surface area (TPSA) is 49.3 Å². The van der Waals surface area contributed by atoms with E-state index in [9.17, 15) is 4.79 Å². The fourth-order valence-corrected chi connectivity index (χ4v) is 2.26. The van der Waals surface area contributed by atoms with Gasteiger partial charge in [0.1, 0.15) is 6.04 Å². The van der Waals surface area contributed by atoms with Gasteiger partial charge >= 0.3 is 5.97 Å². The highest BCUT2D eigenvalue weighted by Crippen LogP contribution is 2.20. The molecule has 3 nitrogen and oxygen atoms in total. The molecular formula is C14H29NO2. The van der Waals surface area contributed by atoms with Gasteiger partial charge in [-0.05, 0) is 36.6 Å². The predicted molar refractivity (Wildman–Crippen MR) is 72.0 cm³/mol. The van der Waals surface area contributed by atoms with Gasteiger partial charge in [0.15, 0.2) is 0 Å². The van der Waals surface area contributed by atoms with Crippen molar-refractivity contribution in [2.45, 2.75) is 54.0 Å². The second-order valence-corrected chi connectivity index (χ2v) is 6.08. The molecule has 2 N–H and O–H groups in total. The first-order chi connectivity index (χ1) is 7.75. The highest BCUT2D eigenvalue weighted by Gasteiger charge is 2.22. The van der Waals surface area contributed by atoms with E-state index in [1.807, 2.05) is 0 Å². The Kier molecular flexibility index (Phi) is 7.44. The molecule has 0 fully saturated rings. The summed E-state index contributed by atoms with van der Waals surface area (Å²) in [5.74, 6) is 1.36. The molecular weight excluding hydrogens is 214 g/mol. The van der Waals surface area contributed by atoms with Gasteiger partial charge in [-0.15, -0.1) is 0 Å². The fourth-order valence-electron chi connectivity index (χ4n) is 2.26. The lowest BCUT2D eigenvalue weighted by atomic mass is 9.85. The molecule has 0 heterocycles. The summed E-state index contributed by atoms with van der Waals surface area (Å²) in [6, 6.07) is -0.407. The molecule has 102 valence electrons. The van der Waals surface area contributed by atoms with Gasteiger partial charge in [-0.3, -0.25) is 4.79 Å². The van der Waals surface area contributed by atoms with Crippen molar-refractivity contribution in [3.8, 4) is 0 Å². The minimum atomic E-state index is -0.732. The summed E-state index contributed by atoms with van der Waals surface area (Å²) in [7, 11) is 0. The Labute approximate surface area is 106 Å². The molecule has 0 amide bonds. The van der Waals surface area contributed by atoms with Crippen molar-refractivity contribution in [1.29, 1.82) is 0 Å². The minimum absolute atomic E-state index is 0.403. The number of hydrogen-bond acceptors (Lipinski definition) is 2. The van der Waals surface area contributed by atoms with Crippen LogP contribution in [0.4, 0.5) is 0 Å². The molecule has 0 bridgehead atoms. The first-order valence-corrected chi connectivity index (χ1v) is 6.71. The van der Waals surface area contributed by atoms with Gasteiger partial charge in [0, 0.05) is 0 Å². The molecule has 0 radical (unpaired) electrons. The molecule has 0 aromatic carbocycles. The number of carboxylic acids is 1. The maximum absolute atomic E-state index is 11.1. The molecule has 0 aliphatic rings. The maximum Gasteiger partial charge on any atom is 0.320 e. The number of aliphatic carboxylic acids is 1. The normalized spacial score (nSPS) is 14.0. The van der Waals surface area contributed by atoms with Gasteiger partial charge in [0.05, 0.1) is 0 Å². The lowest BCUT2D eigenvalue weighted by Gasteiger charge is -2.27. The van der Waals surface area contributed by atoms with Crippen LogP contribution in [-0.4, -0.2) is 23.7 Å². The molecule has 0 aliphatic heterocycles. The zero-order valence-electron chi connectivity index (χ0n) is 12.2. The van der Waals surface area contributed by atoms with E-state index < -0.39 is 12.0 Å². The van der Waals surface area contributed by atoms with E-state index in [-0.39, 0.29) is 0 Å². The van der Waals surface area contributed by atoms with Gasteiger partial charge in [0.2, 0.25) is 0 Å². The van der Waals surface area contributed by atoms with Gasteiger partial charge in [-0.2, -0.15) is 0 Å². The molecule has 0 aromatic rings. The van der Waals surface area contributed by atoms with Crippen LogP contribution in [0.3, 0.4) is 0 Å². The molecule has 0 unspecified atom stereocenters. The van der Waals surface area contributed by atoms with Gasteiger partial charge < -0.3 is 10.4 Å². The molecule has 0 aliphatic carbocycles. The number of carbonyl (C=O) groups is 1. The van der Waals surface area contributed by atoms with Crippen molar-refractivity contribution < 1.29 is 9.90 Å².